The van der Waals surface area contributed by atoms with Crippen LogP contribution in [-0.4, -0.2) is 24.7 Å². The standard InChI is InChI=1S/C24H24FNO3/c1-3-29-24(27)11-7-18-14-21(28-2)8-10-22(18)17-6-9-23(20(13-17)15-25)19-5-4-12-26-16-19/h4-6,8-10,12-14,16H,3,7,11,15H2,1-2H3. The average molecular weight is 393 g/mol. The van der Waals surface area contributed by atoms with E-state index in [0.717, 1.165) is 27.8 Å². The van der Waals surface area contributed by atoms with Crippen LogP contribution in [0.25, 0.3) is 22.3 Å². The number of carbonyl (C=O) groups excluding carboxylic acids is 1. The monoisotopic (exact) mass is 393 g/mol. The molecular formula is C24H24FNO3. The van der Waals surface area contributed by atoms with Crippen molar-refractivity contribution < 1.29 is 18.7 Å². The first-order valence-corrected chi connectivity index (χ1v) is 9.58. The summed E-state index contributed by atoms with van der Waals surface area (Å²) in [5.41, 5.74) is 5.10. The van der Waals surface area contributed by atoms with E-state index in [4.69, 9.17) is 9.47 Å². The first-order chi connectivity index (χ1) is 14.2. The Hall–Kier alpha value is -3.21. The Morgan fingerprint density at radius 1 is 1.03 bits per heavy atom. The van der Waals surface area contributed by atoms with E-state index in [2.05, 4.69) is 4.98 Å². The molecule has 0 aliphatic heterocycles. The third-order valence-electron chi connectivity index (χ3n) is 4.75. The lowest BCUT2D eigenvalue weighted by Crippen LogP contribution is -2.06. The van der Waals surface area contributed by atoms with E-state index in [9.17, 15) is 9.18 Å². The quantitative estimate of drug-likeness (QED) is 0.482. The van der Waals surface area contributed by atoms with Crippen molar-refractivity contribution in [3.63, 3.8) is 0 Å². The summed E-state index contributed by atoms with van der Waals surface area (Å²) in [5.74, 6) is 0.475. The van der Waals surface area contributed by atoms with E-state index >= 15 is 0 Å². The van der Waals surface area contributed by atoms with Crippen molar-refractivity contribution in [1.82, 2.24) is 4.98 Å². The molecule has 3 aromatic rings. The van der Waals surface area contributed by atoms with Gasteiger partial charge in [0.25, 0.3) is 0 Å². The lowest BCUT2D eigenvalue weighted by Gasteiger charge is -2.14. The molecule has 29 heavy (non-hydrogen) atoms. The predicted molar refractivity (Wildman–Crippen MR) is 111 cm³/mol. The second kappa shape index (κ2) is 9.82. The van der Waals surface area contributed by atoms with Gasteiger partial charge in [0.2, 0.25) is 0 Å². The number of ether oxygens (including phenoxy) is 2. The van der Waals surface area contributed by atoms with Crippen LogP contribution in [0.5, 0.6) is 5.75 Å². The molecule has 0 atom stereocenters. The Bertz CT molecular complexity index is 973. The van der Waals surface area contributed by atoms with Gasteiger partial charge in [0.15, 0.2) is 0 Å². The number of methoxy groups -OCH3 is 1. The van der Waals surface area contributed by atoms with Gasteiger partial charge in [0.1, 0.15) is 12.4 Å². The highest BCUT2D eigenvalue weighted by atomic mass is 19.1. The van der Waals surface area contributed by atoms with E-state index < -0.39 is 6.67 Å². The molecule has 0 fully saturated rings. The zero-order valence-corrected chi connectivity index (χ0v) is 16.7. The van der Waals surface area contributed by atoms with E-state index in [1.54, 1.807) is 26.4 Å². The number of carbonyl (C=O) groups is 1. The highest BCUT2D eigenvalue weighted by Gasteiger charge is 2.13. The number of rotatable bonds is 8. The molecule has 1 aromatic heterocycles. The lowest BCUT2D eigenvalue weighted by molar-refractivity contribution is -0.143. The highest BCUT2D eigenvalue weighted by molar-refractivity contribution is 5.76. The van der Waals surface area contributed by atoms with Gasteiger partial charge in [-0.3, -0.25) is 9.78 Å². The fourth-order valence-electron chi connectivity index (χ4n) is 3.33. The van der Waals surface area contributed by atoms with Crippen molar-refractivity contribution in [3.05, 3.63) is 72.1 Å². The van der Waals surface area contributed by atoms with Crippen LogP contribution >= 0.6 is 0 Å². The number of halogens is 1. The Labute approximate surface area is 170 Å². The fraction of sp³-hybridized carbons (Fsp3) is 0.250. The number of esters is 1. The number of nitrogens with zero attached hydrogens (tertiary/aromatic N) is 1. The van der Waals surface area contributed by atoms with Crippen LogP contribution in [0.3, 0.4) is 0 Å². The number of alkyl halides is 1. The van der Waals surface area contributed by atoms with Crippen molar-refractivity contribution in [2.45, 2.75) is 26.4 Å². The summed E-state index contributed by atoms with van der Waals surface area (Å²) in [6.07, 6.45) is 4.21. The van der Waals surface area contributed by atoms with Gasteiger partial charge in [-0.05, 0) is 65.4 Å². The molecule has 150 valence electrons. The summed E-state index contributed by atoms with van der Waals surface area (Å²) in [6.45, 7) is 1.57. The molecule has 0 radical (unpaired) electrons. The van der Waals surface area contributed by atoms with Crippen LogP contribution in [0, 0.1) is 0 Å². The molecule has 0 amide bonds. The molecule has 3 rings (SSSR count). The van der Waals surface area contributed by atoms with E-state index in [1.165, 1.54) is 0 Å². The van der Waals surface area contributed by atoms with Gasteiger partial charge in [0, 0.05) is 24.4 Å². The summed E-state index contributed by atoms with van der Waals surface area (Å²) in [4.78, 5) is 15.9. The summed E-state index contributed by atoms with van der Waals surface area (Å²) >= 11 is 0. The lowest BCUT2D eigenvalue weighted by atomic mass is 9.92. The van der Waals surface area contributed by atoms with E-state index in [0.29, 0.717) is 24.3 Å². The molecular weight excluding hydrogens is 369 g/mol. The Kier molecular flexibility index (Phi) is 6.95. The largest absolute Gasteiger partial charge is 0.497 e. The highest BCUT2D eigenvalue weighted by Crippen LogP contribution is 2.33. The fourth-order valence-corrected chi connectivity index (χ4v) is 3.33. The van der Waals surface area contributed by atoms with Crippen molar-refractivity contribution in [1.29, 1.82) is 0 Å². The summed E-state index contributed by atoms with van der Waals surface area (Å²) in [5, 5.41) is 0. The van der Waals surface area contributed by atoms with Crippen LogP contribution in [0.15, 0.2) is 60.9 Å². The second-order valence-electron chi connectivity index (χ2n) is 6.58. The smallest absolute Gasteiger partial charge is 0.306 e. The minimum absolute atomic E-state index is 0.238. The molecule has 0 unspecified atom stereocenters. The zero-order chi connectivity index (χ0) is 20.6. The molecule has 0 saturated carbocycles. The molecule has 2 aromatic carbocycles. The third kappa shape index (κ3) is 4.99. The molecule has 5 heteroatoms. The number of pyridine rings is 1. The number of hydrogen-bond acceptors (Lipinski definition) is 4. The SMILES string of the molecule is CCOC(=O)CCc1cc(OC)ccc1-c1ccc(-c2cccnc2)c(CF)c1. The number of aryl methyl sites for hydroxylation is 1. The summed E-state index contributed by atoms with van der Waals surface area (Å²) in [6, 6.07) is 15.2. The van der Waals surface area contributed by atoms with Gasteiger partial charge in [-0.25, -0.2) is 4.39 Å². The van der Waals surface area contributed by atoms with Crippen LogP contribution in [0.4, 0.5) is 4.39 Å². The summed E-state index contributed by atoms with van der Waals surface area (Å²) in [7, 11) is 1.61. The number of hydrogen-bond donors (Lipinski definition) is 0. The number of benzene rings is 2. The molecule has 0 spiro atoms. The summed E-state index contributed by atoms with van der Waals surface area (Å²) < 4.78 is 24.2. The van der Waals surface area contributed by atoms with Gasteiger partial charge < -0.3 is 9.47 Å². The Morgan fingerprint density at radius 3 is 2.52 bits per heavy atom. The Morgan fingerprint density at radius 2 is 1.83 bits per heavy atom. The third-order valence-corrected chi connectivity index (χ3v) is 4.75. The maximum absolute atomic E-state index is 13.8. The average Bonchev–Trinajstić information content (AvgIpc) is 2.77. The van der Waals surface area contributed by atoms with Gasteiger partial charge in [0.05, 0.1) is 13.7 Å². The topological polar surface area (TPSA) is 48.4 Å². The van der Waals surface area contributed by atoms with Crippen LogP contribution in [0.2, 0.25) is 0 Å². The molecule has 1 heterocycles. The zero-order valence-electron chi connectivity index (χ0n) is 16.7. The molecule has 0 saturated heterocycles. The normalized spacial score (nSPS) is 10.6. The maximum atomic E-state index is 13.8. The number of aromatic nitrogens is 1. The van der Waals surface area contributed by atoms with Gasteiger partial charge in [-0.1, -0.05) is 24.3 Å². The minimum Gasteiger partial charge on any atom is -0.497 e. The second-order valence-corrected chi connectivity index (χ2v) is 6.58. The van der Waals surface area contributed by atoms with Crippen molar-refractivity contribution in [2.75, 3.05) is 13.7 Å². The molecule has 4 nitrogen and oxygen atoms in total. The van der Waals surface area contributed by atoms with Crippen LogP contribution in [-0.2, 0) is 22.6 Å². The van der Waals surface area contributed by atoms with Crippen molar-refractivity contribution in [2.24, 2.45) is 0 Å². The molecule has 0 bridgehead atoms. The first-order valence-electron chi connectivity index (χ1n) is 9.58. The van der Waals surface area contributed by atoms with E-state index in [1.807, 2.05) is 48.5 Å². The molecule has 0 aliphatic carbocycles. The first kappa shape index (κ1) is 20.5. The predicted octanol–water partition coefficient (Wildman–Crippen LogP) is 5.39. The van der Waals surface area contributed by atoms with Crippen molar-refractivity contribution in [3.8, 4) is 28.0 Å². The van der Waals surface area contributed by atoms with Gasteiger partial charge >= 0.3 is 5.97 Å². The Balaban J connectivity index is 1.97. The van der Waals surface area contributed by atoms with Crippen LogP contribution < -0.4 is 4.74 Å². The minimum atomic E-state index is -0.577. The molecule has 0 aliphatic rings. The van der Waals surface area contributed by atoms with E-state index in [-0.39, 0.29) is 12.4 Å². The molecule has 0 N–H and O–H groups in total. The van der Waals surface area contributed by atoms with Crippen molar-refractivity contribution >= 4 is 5.97 Å². The van der Waals surface area contributed by atoms with Crippen LogP contribution in [0.1, 0.15) is 24.5 Å². The maximum Gasteiger partial charge on any atom is 0.306 e. The van der Waals surface area contributed by atoms with Gasteiger partial charge in [-0.2, -0.15) is 0 Å². The van der Waals surface area contributed by atoms with Gasteiger partial charge in [-0.15, -0.1) is 0 Å².